The first-order valence-corrected chi connectivity index (χ1v) is 7.54. The fraction of sp³-hybridized carbons (Fsp3) is 0.600. The summed E-state index contributed by atoms with van der Waals surface area (Å²) < 4.78 is 14.1. The SMILES string of the molecule is CCC1CN(C(CN)c2c(F)cccc2Cl)CCN1C. The maximum absolute atomic E-state index is 14.1. The Balaban J connectivity index is 2.24. The first-order valence-electron chi connectivity index (χ1n) is 7.16. The number of benzene rings is 1. The van der Waals surface area contributed by atoms with Gasteiger partial charge in [-0.25, -0.2) is 4.39 Å². The van der Waals surface area contributed by atoms with Crippen molar-refractivity contribution in [2.75, 3.05) is 33.2 Å². The second kappa shape index (κ2) is 6.85. The van der Waals surface area contributed by atoms with Crippen molar-refractivity contribution >= 4 is 11.6 Å². The lowest BCUT2D eigenvalue weighted by Crippen LogP contribution is -2.53. The Hall–Kier alpha value is -0.680. The lowest BCUT2D eigenvalue weighted by atomic mass is 10.0. The van der Waals surface area contributed by atoms with E-state index >= 15 is 0 Å². The number of rotatable bonds is 4. The van der Waals surface area contributed by atoms with Crippen molar-refractivity contribution in [1.29, 1.82) is 0 Å². The second-order valence-corrected chi connectivity index (χ2v) is 5.83. The molecule has 5 heteroatoms. The number of piperazine rings is 1. The summed E-state index contributed by atoms with van der Waals surface area (Å²) in [5, 5.41) is 0.465. The van der Waals surface area contributed by atoms with Crippen LogP contribution in [0.3, 0.4) is 0 Å². The molecule has 2 N–H and O–H groups in total. The summed E-state index contributed by atoms with van der Waals surface area (Å²) in [4.78, 5) is 4.62. The normalized spacial score (nSPS) is 22.9. The molecule has 2 atom stereocenters. The van der Waals surface area contributed by atoms with Crippen LogP contribution in [0.15, 0.2) is 18.2 Å². The quantitative estimate of drug-likeness (QED) is 0.927. The molecule has 3 nitrogen and oxygen atoms in total. The van der Waals surface area contributed by atoms with Gasteiger partial charge >= 0.3 is 0 Å². The van der Waals surface area contributed by atoms with Crippen LogP contribution in [0.25, 0.3) is 0 Å². The maximum Gasteiger partial charge on any atom is 0.129 e. The molecular weight excluding hydrogens is 277 g/mol. The van der Waals surface area contributed by atoms with Crippen molar-refractivity contribution in [3.8, 4) is 0 Å². The van der Waals surface area contributed by atoms with Crippen molar-refractivity contribution < 1.29 is 4.39 Å². The number of hydrogen-bond acceptors (Lipinski definition) is 3. The van der Waals surface area contributed by atoms with E-state index in [9.17, 15) is 4.39 Å². The topological polar surface area (TPSA) is 32.5 Å². The fourth-order valence-corrected chi connectivity index (χ4v) is 3.26. The van der Waals surface area contributed by atoms with Gasteiger partial charge in [-0.05, 0) is 25.6 Å². The van der Waals surface area contributed by atoms with Gasteiger partial charge in [0, 0.05) is 42.8 Å². The van der Waals surface area contributed by atoms with Crippen molar-refractivity contribution in [3.05, 3.63) is 34.6 Å². The van der Waals surface area contributed by atoms with E-state index in [1.165, 1.54) is 6.07 Å². The van der Waals surface area contributed by atoms with E-state index in [0.717, 1.165) is 26.1 Å². The van der Waals surface area contributed by atoms with Gasteiger partial charge in [0.25, 0.3) is 0 Å². The molecular formula is C15H23ClFN3. The van der Waals surface area contributed by atoms with Gasteiger partial charge in [0.1, 0.15) is 5.82 Å². The summed E-state index contributed by atoms with van der Waals surface area (Å²) in [5.41, 5.74) is 6.45. The molecule has 1 aromatic carbocycles. The van der Waals surface area contributed by atoms with Crippen LogP contribution >= 0.6 is 11.6 Å². The van der Waals surface area contributed by atoms with Gasteiger partial charge in [0.05, 0.1) is 6.04 Å². The second-order valence-electron chi connectivity index (χ2n) is 5.42. The van der Waals surface area contributed by atoms with Crippen molar-refractivity contribution in [3.63, 3.8) is 0 Å². The number of likely N-dealkylation sites (N-methyl/N-ethyl adjacent to an activating group) is 1. The smallest absolute Gasteiger partial charge is 0.129 e. The molecule has 112 valence electrons. The molecule has 0 bridgehead atoms. The van der Waals surface area contributed by atoms with Crippen LogP contribution in [-0.4, -0.2) is 49.1 Å². The average molecular weight is 300 g/mol. The summed E-state index contributed by atoms with van der Waals surface area (Å²) in [6.07, 6.45) is 1.08. The lowest BCUT2D eigenvalue weighted by Gasteiger charge is -2.43. The monoisotopic (exact) mass is 299 g/mol. The van der Waals surface area contributed by atoms with E-state index < -0.39 is 0 Å². The molecule has 0 aromatic heterocycles. The minimum absolute atomic E-state index is 0.147. The number of halogens is 2. The predicted octanol–water partition coefficient (Wildman–Crippen LogP) is 2.50. The van der Waals surface area contributed by atoms with Crippen LogP contribution in [0, 0.1) is 5.82 Å². The van der Waals surface area contributed by atoms with Crippen molar-refractivity contribution in [2.24, 2.45) is 5.73 Å². The number of nitrogens with two attached hydrogens (primary N) is 1. The number of hydrogen-bond donors (Lipinski definition) is 1. The van der Waals surface area contributed by atoms with Crippen LogP contribution in [0.5, 0.6) is 0 Å². The Labute approximate surface area is 125 Å². The van der Waals surface area contributed by atoms with Crippen LogP contribution in [0.1, 0.15) is 24.9 Å². The largest absolute Gasteiger partial charge is 0.329 e. The fourth-order valence-electron chi connectivity index (χ4n) is 2.97. The van der Waals surface area contributed by atoms with Crippen molar-refractivity contribution in [2.45, 2.75) is 25.4 Å². The molecule has 1 saturated heterocycles. The van der Waals surface area contributed by atoms with Gasteiger partial charge in [-0.3, -0.25) is 4.90 Å². The number of nitrogens with zero attached hydrogens (tertiary/aromatic N) is 2. The highest BCUT2D eigenvalue weighted by Crippen LogP contribution is 2.31. The highest BCUT2D eigenvalue weighted by atomic mass is 35.5. The third-order valence-corrected chi connectivity index (χ3v) is 4.61. The molecule has 0 amide bonds. The van der Waals surface area contributed by atoms with Gasteiger partial charge < -0.3 is 10.6 Å². The summed E-state index contributed by atoms with van der Waals surface area (Å²) in [5.74, 6) is -0.264. The van der Waals surface area contributed by atoms with Gasteiger partial charge in [0.15, 0.2) is 0 Å². The van der Waals surface area contributed by atoms with Gasteiger partial charge in [-0.15, -0.1) is 0 Å². The molecule has 0 aliphatic carbocycles. The molecule has 2 unspecified atom stereocenters. The lowest BCUT2D eigenvalue weighted by molar-refractivity contribution is 0.0633. The van der Waals surface area contributed by atoms with Gasteiger partial charge in [-0.1, -0.05) is 24.6 Å². The Morgan fingerprint density at radius 2 is 2.20 bits per heavy atom. The highest BCUT2D eigenvalue weighted by Gasteiger charge is 2.30. The molecule has 0 spiro atoms. The summed E-state index contributed by atoms with van der Waals surface area (Å²) in [7, 11) is 2.14. The Morgan fingerprint density at radius 1 is 1.45 bits per heavy atom. The maximum atomic E-state index is 14.1. The van der Waals surface area contributed by atoms with Gasteiger partial charge in [0.2, 0.25) is 0 Å². The molecule has 1 aliphatic rings. The summed E-state index contributed by atoms with van der Waals surface area (Å²) in [6, 6.07) is 5.16. The van der Waals surface area contributed by atoms with E-state index in [1.54, 1.807) is 12.1 Å². The highest BCUT2D eigenvalue weighted by molar-refractivity contribution is 6.31. The molecule has 20 heavy (non-hydrogen) atoms. The van der Waals surface area contributed by atoms with Crippen LogP contribution < -0.4 is 5.73 Å². The Kier molecular flexibility index (Phi) is 5.38. The van der Waals surface area contributed by atoms with E-state index in [-0.39, 0.29) is 11.9 Å². The Bertz CT molecular complexity index is 434. The van der Waals surface area contributed by atoms with Gasteiger partial charge in [-0.2, -0.15) is 0 Å². The molecule has 0 saturated carbocycles. The van der Waals surface area contributed by atoms with E-state index in [0.29, 0.717) is 23.2 Å². The van der Waals surface area contributed by atoms with E-state index in [1.807, 2.05) is 0 Å². The molecule has 1 aliphatic heterocycles. The zero-order valence-corrected chi connectivity index (χ0v) is 12.9. The third kappa shape index (κ3) is 3.14. The zero-order valence-electron chi connectivity index (χ0n) is 12.1. The average Bonchev–Trinajstić information content (AvgIpc) is 2.44. The van der Waals surface area contributed by atoms with Crippen LogP contribution in [0.2, 0.25) is 5.02 Å². The van der Waals surface area contributed by atoms with Crippen LogP contribution in [0.4, 0.5) is 4.39 Å². The molecule has 1 aromatic rings. The summed E-state index contributed by atoms with van der Waals surface area (Å²) >= 11 is 6.19. The van der Waals surface area contributed by atoms with Crippen molar-refractivity contribution in [1.82, 2.24) is 9.80 Å². The Morgan fingerprint density at radius 3 is 2.80 bits per heavy atom. The standard InChI is InChI=1S/C15H23ClFN3/c1-3-11-10-20(8-7-19(11)2)14(9-18)15-12(16)5-4-6-13(15)17/h4-6,11,14H,3,7-10,18H2,1-2H3. The minimum Gasteiger partial charge on any atom is -0.329 e. The molecule has 1 heterocycles. The van der Waals surface area contributed by atoms with E-state index in [2.05, 4.69) is 23.8 Å². The first kappa shape index (κ1) is 15.7. The minimum atomic E-state index is -0.264. The zero-order chi connectivity index (χ0) is 14.7. The molecule has 2 rings (SSSR count). The van der Waals surface area contributed by atoms with E-state index in [4.69, 9.17) is 17.3 Å². The molecule has 1 fully saturated rings. The predicted molar refractivity (Wildman–Crippen MR) is 81.5 cm³/mol. The van der Waals surface area contributed by atoms with Crippen LogP contribution in [-0.2, 0) is 0 Å². The first-order chi connectivity index (χ1) is 9.58. The third-order valence-electron chi connectivity index (χ3n) is 4.28. The molecule has 0 radical (unpaired) electrons. The summed E-state index contributed by atoms with van der Waals surface area (Å²) in [6.45, 7) is 5.32.